The first-order valence-electron chi connectivity index (χ1n) is 12.7. The summed E-state index contributed by atoms with van der Waals surface area (Å²) in [6.07, 6.45) is 3.25. The molecule has 0 saturated carbocycles. The average Bonchev–Trinajstić information content (AvgIpc) is 2.91. The van der Waals surface area contributed by atoms with Gasteiger partial charge in [-0.15, -0.1) is 0 Å². The molecule has 0 spiro atoms. The first-order chi connectivity index (χ1) is 17.9. The Kier molecular flexibility index (Phi) is 10.4. The van der Waals surface area contributed by atoms with E-state index in [1.807, 2.05) is 60.7 Å². The van der Waals surface area contributed by atoms with Crippen LogP contribution in [0.3, 0.4) is 0 Å². The Morgan fingerprint density at radius 3 is 2.46 bits per heavy atom. The van der Waals surface area contributed by atoms with Gasteiger partial charge in [0.25, 0.3) is 5.91 Å². The second-order valence-electron chi connectivity index (χ2n) is 9.04. The van der Waals surface area contributed by atoms with Crippen LogP contribution in [-0.4, -0.2) is 54.3 Å². The van der Waals surface area contributed by atoms with E-state index in [2.05, 4.69) is 34.0 Å². The molecule has 3 aromatic rings. The minimum Gasteiger partial charge on any atom is -0.356 e. The van der Waals surface area contributed by atoms with Crippen molar-refractivity contribution in [3.05, 3.63) is 79.3 Å². The number of fused-ring (bicyclic) bond motifs is 1. The topological polar surface area (TPSA) is 148 Å². The molecule has 2 atom stereocenters. The molecule has 194 valence electrons. The SMILES string of the molecule is [CH2+]CCN(CC[NH3+])C(=O)CC([NH3+])C(=O)NC(CCc1ccccc1)C(=O)Nc1c[nH+]c2ccccc2c1. The number of hydrogen-bond acceptors (Lipinski definition) is 3. The number of H-pyrrole nitrogens is 1. The summed E-state index contributed by atoms with van der Waals surface area (Å²) < 4.78 is 0. The summed E-state index contributed by atoms with van der Waals surface area (Å²) in [7, 11) is 0. The average molecular weight is 507 g/mol. The van der Waals surface area contributed by atoms with Crippen LogP contribution in [0.2, 0.25) is 0 Å². The van der Waals surface area contributed by atoms with E-state index < -0.39 is 18.0 Å². The summed E-state index contributed by atoms with van der Waals surface area (Å²) in [6.45, 7) is 5.40. The Morgan fingerprint density at radius 2 is 1.73 bits per heavy atom. The van der Waals surface area contributed by atoms with E-state index in [1.54, 1.807) is 11.1 Å². The van der Waals surface area contributed by atoms with E-state index in [9.17, 15) is 14.4 Å². The van der Waals surface area contributed by atoms with Crippen LogP contribution in [0, 0.1) is 6.92 Å². The minimum atomic E-state index is -0.828. The maximum absolute atomic E-state index is 13.3. The number of anilines is 1. The molecule has 9 heteroatoms. The highest BCUT2D eigenvalue weighted by atomic mass is 16.2. The maximum atomic E-state index is 13.3. The van der Waals surface area contributed by atoms with Gasteiger partial charge in [-0.05, 0) is 30.5 Å². The Hall–Kier alpha value is -3.95. The predicted molar refractivity (Wildman–Crippen MR) is 141 cm³/mol. The molecule has 37 heavy (non-hydrogen) atoms. The fourth-order valence-corrected chi connectivity index (χ4v) is 4.11. The lowest BCUT2D eigenvalue weighted by atomic mass is 10.0. The minimum absolute atomic E-state index is 0.0432. The summed E-state index contributed by atoms with van der Waals surface area (Å²) >= 11 is 0. The molecule has 0 fully saturated rings. The van der Waals surface area contributed by atoms with Gasteiger partial charge in [-0.25, -0.2) is 4.98 Å². The number of carbonyl (C=O) groups is 3. The maximum Gasteiger partial charge on any atom is 0.279 e. The summed E-state index contributed by atoms with van der Waals surface area (Å²) in [4.78, 5) is 43.8. The molecule has 1 heterocycles. The molecule has 0 radical (unpaired) electrons. The number of amides is 3. The highest BCUT2D eigenvalue weighted by Gasteiger charge is 2.29. The van der Waals surface area contributed by atoms with Crippen molar-refractivity contribution in [1.29, 1.82) is 0 Å². The third-order valence-corrected chi connectivity index (χ3v) is 6.12. The van der Waals surface area contributed by atoms with Crippen LogP contribution in [0.1, 0.15) is 24.8 Å². The summed E-state index contributed by atoms with van der Waals surface area (Å²) in [5.74, 6) is -0.933. The number of pyridine rings is 1. The van der Waals surface area contributed by atoms with Crippen LogP contribution >= 0.6 is 0 Å². The quantitative estimate of drug-likeness (QED) is 0.242. The van der Waals surface area contributed by atoms with E-state index >= 15 is 0 Å². The second kappa shape index (κ2) is 14.0. The number of benzene rings is 2. The van der Waals surface area contributed by atoms with E-state index in [-0.39, 0.29) is 18.2 Å². The molecule has 3 rings (SSSR count). The van der Waals surface area contributed by atoms with Gasteiger partial charge < -0.3 is 27.0 Å². The number of hydrogen-bond donors (Lipinski definition) is 4. The van der Waals surface area contributed by atoms with Gasteiger partial charge in [-0.1, -0.05) is 42.5 Å². The molecule has 3 amide bonds. The van der Waals surface area contributed by atoms with Crippen LogP contribution in [0.25, 0.3) is 10.9 Å². The number of nitrogens with one attached hydrogen (secondary N) is 3. The molecule has 0 aliphatic carbocycles. The lowest BCUT2D eigenvalue weighted by molar-refractivity contribution is -0.403. The lowest BCUT2D eigenvalue weighted by Crippen LogP contribution is -2.70. The Labute approximate surface area is 217 Å². The third kappa shape index (κ3) is 8.30. The van der Waals surface area contributed by atoms with E-state index in [0.717, 1.165) is 16.5 Å². The first-order valence-corrected chi connectivity index (χ1v) is 12.7. The van der Waals surface area contributed by atoms with Gasteiger partial charge in [-0.2, -0.15) is 0 Å². The fourth-order valence-electron chi connectivity index (χ4n) is 4.11. The fraction of sp³-hybridized carbons (Fsp3) is 0.321. The van der Waals surface area contributed by atoms with Gasteiger partial charge in [0.1, 0.15) is 18.2 Å². The number of aromatic amines is 1. The molecule has 0 bridgehead atoms. The normalized spacial score (nSPS) is 12.5. The Balaban J connectivity index is 1.69. The highest BCUT2D eigenvalue weighted by Crippen LogP contribution is 2.15. The monoisotopic (exact) mass is 506 g/mol. The number of quaternary nitrogens is 2. The lowest BCUT2D eigenvalue weighted by Gasteiger charge is -2.22. The van der Waals surface area contributed by atoms with Gasteiger partial charge >= 0.3 is 0 Å². The van der Waals surface area contributed by atoms with Crippen LogP contribution in [-0.2, 0) is 20.8 Å². The van der Waals surface area contributed by atoms with Gasteiger partial charge in [-0.3, -0.25) is 14.4 Å². The van der Waals surface area contributed by atoms with Crippen molar-refractivity contribution in [2.45, 2.75) is 37.8 Å². The number of rotatable bonds is 13. The molecule has 0 aliphatic rings. The largest absolute Gasteiger partial charge is 0.356 e. The standard InChI is InChI=1S/C28H34N6O3/c1-2-15-34(16-14-29)26(35)18-23(30)27(36)33-25(13-12-20-8-4-3-5-9-20)28(37)32-22-17-21-10-6-7-11-24(21)31-19-22/h3-11,17,19,23,25H,1-2,12-16,18,29-30H2,(H-,32,33,36,37)/p+4. The van der Waals surface area contributed by atoms with Gasteiger partial charge in [0, 0.05) is 11.5 Å². The van der Waals surface area contributed by atoms with Crippen molar-refractivity contribution in [3.8, 4) is 0 Å². The van der Waals surface area contributed by atoms with Gasteiger partial charge in [0.2, 0.25) is 17.3 Å². The van der Waals surface area contributed by atoms with Crippen molar-refractivity contribution < 1.29 is 30.8 Å². The van der Waals surface area contributed by atoms with E-state index in [4.69, 9.17) is 0 Å². The number of aromatic nitrogens is 1. The molecular weight excluding hydrogens is 468 g/mol. The highest BCUT2D eigenvalue weighted by molar-refractivity contribution is 5.98. The van der Waals surface area contributed by atoms with Crippen molar-refractivity contribution in [3.63, 3.8) is 0 Å². The van der Waals surface area contributed by atoms with Crippen LogP contribution in [0.5, 0.6) is 0 Å². The van der Waals surface area contributed by atoms with Gasteiger partial charge in [0.05, 0.1) is 33.0 Å². The Bertz CT molecular complexity index is 1180. The second-order valence-corrected chi connectivity index (χ2v) is 9.04. The van der Waals surface area contributed by atoms with E-state index in [0.29, 0.717) is 44.6 Å². The van der Waals surface area contributed by atoms with Crippen molar-refractivity contribution in [1.82, 2.24) is 10.2 Å². The first kappa shape index (κ1) is 27.6. The van der Waals surface area contributed by atoms with Crippen molar-refractivity contribution in [2.75, 3.05) is 25.0 Å². The molecule has 2 aromatic carbocycles. The van der Waals surface area contributed by atoms with Crippen molar-refractivity contribution >= 4 is 34.3 Å². The third-order valence-electron chi connectivity index (χ3n) is 6.12. The zero-order chi connectivity index (χ0) is 26.6. The Morgan fingerprint density at radius 1 is 1.00 bits per heavy atom. The van der Waals surface area contributed by atoms with E-state index in [1.165, 1.54) is 0 Å². The van der Waals surface area contributed by atoms with Crippen LogP contribution in [0.4, 0.5) is 5.69 Å². The zero-order valence-corrected chi connectivity index (χ0v) is 21.2. The number of aryl methyl sites for hydroxylation is 1. The molecule has 2 unspecified atom stereocenters. The van der Waals surface area contributed by atoms with Crippen LogP contribution < -0.4 is 27.1 Å². The molecule has 9 N–H and O–H groups in total. The summed E-state index contributed by atoms with van der Waals surface area (Å²) in [5, 5.41) is 6.70. The van der Waals surface area contributed by atoms with Crippen LogP contribution in [0.15, 0.2) is 66.9 Å². The summed E-state index contributed by atoms with van der Waals surface area (Å²) in [6, 6.07) is 17.8. The smallest absolute Gasteiger partial charge is 0.279 e. The predicted octanol–water partition coefficient (Wildman–Crippen LogP) is 0.00529. The van der Waals surface area contributed by atoms with Gasteiger partial charge in [0.15, 0.2) is 12.2 Å². The molecule has 0 aliphatic heterocycles. The molecular formula is C28H38N6O3+4. The number of nitrogens with zero attached hydrogens (tertiary/aromatic N) is 1. The number of para-hydroxylation sites is 1. The molecule has 0 saturated heterocycles. The van der Waals surface area contributed by atoms with Crippen molar-refractivity contribution in [2.24, 2.45) is 0 Å². The summed E-state index contributed by atoms with van der Waals surface area (Å²) in [5.41, 5.74) is 10.3. The number of carbonyl (C=O) groups excluding carboxylic acids is 3. The zero-order valence-electron chi connectivity index (χ0n) is 21.2. The molecule has 1 aromatic heterocycles. The molecule has 9 nitrogen and oxygen atoms in total.